The molecule has 1 fully saturated rings. The highest BCUT2D eigenvalue weighted by Gasteiger charge is 2.36. The van der Waals surface area contributed by atoms with E-state index in [1.807, 2.05) is 31.2 Å². The van der Waals surface area contributed by atoms with Crippen molar-refractivity contribution >= 4 is 63.5 Å². The molecule has 1 N–H and O–H groups in total. The molecule has 1 saturated heterocycles. The average Bonchev–Trinajstić information content (AvgIpc) is 3.04. The zero-order chi connectivity index (χ0) is 23.2. The molecule has 1 atom stereocenters. The van der Waals surface area contributed by atoms with Crippen LogP contribution in [0.15, 0.2) is 40.2 Å². The molecule has 1 amide bonds. The van der Waals surface area contributed by atoms with Crippen LogP contribution in [0.2, 0.25) is 10.0 Å². The van der Waals surface area contributed by atoms with Gasteiger partial charge in [0.05, 0.1) is 10.6 Å². The Labute approximate surface area is 204 Å². The molecular weight excluding hydrogens is 461 g/mol. The SMILES string of the molecule is CCN1c2cc(Cl)c(/C=C3/SC(=Nc4cc(Cl)ccc4C)NC3=O)cc2C(C)CC1(C)C. The summed E-state index contributed by atoms with van der Waals surface area (Å²) >= 11 is 14.1. The Morgan fingerprint density at radius 3 is 2.75 bits per heavy atom. The predicted molar refractivity (Wildman–Crippen MR) is 139 cm³/mol. The van der Waals surface area contributed by atoms with Crippen molar-refractivity contribution in [1.29, 1.82) is 0 Å². The molecule has 0 saturated carbocycles. The molecule has 0 radical (unpaired) electrons. The van der Waals surface area contributed by atoms with Crippen molar-refractivity contribution in [1.82, 2.24) is 5.32 Å². The van der Waals surface area contributed by atoms with Crippen LogP contribution in [-0.2, 0) is 4.79 Å². The normalized spacial score (nSPS) is 22.4. The van der Waals surface area contributed by atoms with E-state index in [-0.39, 0.29) is 11.4 Å². The number of carbonyl (C=O) groups excluding carboxylic acids is 1. The number of aliphatic imine (C=N–C) groups is 1. The summed E-state index contributed by atoms with van der Waals surface area (Å²) in [5.74, 6) is 0.233. The van der Waals surface area contributed by atoms with Gasteiger partial charge in [0.15, 0.2) is 5.17 Å². The van der Waals surface area contributed by atoms with Gasteiger partial charge in [-0.1, -0.05) is 36.2 Å². The number of thioether (sulfide) groups is 1. The third-order valence-corrected chi connectivity index (χ3v) is 7.62. The first-order valence-electron chi connectivity index (χ1n) is 10.8. The van der Waals surface area contributed by atoms with Crippen LogP contribution in [0.3, 0.4) is 0 Å². The second kappa shape index (κ2) is 8.77. The van der Waals surface area contributed by atoms with Gasteiger partial charge in [0, 0.05) is 27.8 Å². The molecule has 2 aromatic rings. The van der Waals surface area contributed by atoms with Crippen molar-refractivity contribution < 1.29 is 4.79 Å². The monoisotopic (exact) mass is 487 g/mol. The number of benzene rings is 2. The molecule has 2 aromatic carbocycles. The van der Waals surface area contributed by atoms with E-state index in [4.69, 9.17) is 23.2 Å². The smallest absolute Gasteiger partial charge is 0.264 e. The molecule has 7 heteroatoms. The standard InChI is InChI=1S/C25H27Cl2N3OS/c1-6-30-21-12-19(27)16(9-18(21)15(3)13-25(30,4)5)10-22-23(31)29-24(32-22)28-20-11-17(26)8-7-14(20)2/h7-12,15H,6,13H2,1-5H3,(H,28,29,31)/b22-10+. The molecule has 4 rings (SSSR count). The fourth-order valence-corrected chi connectivity index (χ4v) is 5.87. The van der Waals surface area contributed by atoms with Crippen molar-refractivity contribution in [3.63, 3.8) is 0 Å². The Balaban J connectivity index is 1.67. The van der Waals surface area contributed by atoms with Gasteiger partial charge >= 0.3 is 0 Å². The number of rotatable bonds is 3. The third kappa shape index (κ3) is 4.43. The van der Waals surface area contributed by atoms with E-state index in [2.05, 4.69) is 49.0 Å². The third-order valence-electron chi connectivity index (χ3n) is 6.15. The summed E-state index contributed by atoms with van der Waals surface area (Å²) < 4.78 is 0. The number of nitrogens with one attached hydrogen (secondary N) is 1. The summed E-state index contributed by atoms with van der Waals surface area (Å²) in [7, 11) is 0. The lowest BCUT2D eigenvalue weighted by molar-refractivity contribution is -0.115. The number of anilines is 1. The number of halogens is 2. The molecule has 2 aliphatic heterocycles. The van der Waals surface area contributed by atoms with Crippen LogP contribution in [0, 0.1) is 6.92 Å². The fourth-order valence-electron chi connectivity index (χ4n) is 4.66. The van der Waals surface area contributed by atoms with E-state index < -0.39 is 0 Å². The van der Waals surface area contributed by atoms with Crippen molar-refractivity contribution in [2.24, 2.45) is 4.99 Å². The molecule has 2 heterocycles. The topological polar surface area (TPSA) is 44.7 Å². The van der Waals surface area contributed by atoms with E-state index in [0.717, 1.165) is 29.8 Å². The summed E-state index contributed by atoms with van der Waals surface area (Å²) in [6.45, 7) is 11.9. The zero-order valence-corrected chi connectivity index (χ0v) is 21.3. The van der Waals surface area contributed by atoms with Gasteiger partial charge < -0.3 is 10.2 Å². The quantitative estimate of drug-likeness (QED) is 0.461. The van der Waals surface area contributed by atoms with Crippen LogP contribution < -0.4 is 10.2 Å². The number of amides is 1. The lowest BCUT2D eigenvalue weighted by Crippen LogP contribution is -2.48. The van der Waals surface area contributed by atoms with E-state index in [9.17, 15) is 4.79 Å². The minimum Gasteiger partial charge on any atom is -0.366 e. The highest BCUT2D eigenvalue weighted by atomic mass is 35.5. The molecule has 0 spiro atoms. The van der Waals surface area contributed by atoms with E-state index in [1.54, 1.807) is 6.07 Å². The number of nitrogens with zero attached hydrogens (tertiary/aromatic N) is 2. The van der Waals surface area contributed by atoms with Crippen LogP contribution in [0.25, 0.3) is 6.08 Å². The minimum absolute atomic E-state index is 0.0789. The number of hydrogen-bond acceptors (Lipinski definition) is 4. The highest BCUT2D eigenvalue weighted by Crippen LogP contribution is 2.45. The second-order valence-corrected chi connectivity index (χ2v) is 10.9. The van der Waals surface area contributed by atoms with Crippen molar-refractivity contribution in [3.8, 4) is 0 Å². The van der Waals surface area contributed by atoms with Gasteiger partial charge in [0.1, 0.15) is 0 Å². The van der Waals surface area contributed by atoms with Crippen LogP contribution >= 0.6 is 35.0 Å². The Morgan fingerprint density at radius 2 is 2.03 bits per heavy atom. The number of amidine groups is 1. The Hall–Kier alpha value is -1.95. The maximum absolute atomic E-state index is 12.6. The van der Waals surface area contributed by atoms with Crippen LogP contribution in [-0.4, -0.2) is 23.2 Å². The van der Waals surface area contributed by atoms with Crippen molar-refractivity contribution in [3.05, 3.63) is 62.0 Å². The fraction of sp³-hybridized carbons (Fsp3) is 0.360. The first-order valence-corrected chi connectivity index (χ1v) is 12.3. The lowest BCUT2D eigenvalue weighted by Gasteiger charge is -2.47. The second-order valence-electron chi connectivity index (χ2n) is 9.01. The summed E-state index contributed by atoms with van der Waals surface area (Å²) in [4.78, 5) is 20.2. The molecule has 2 aliphatic rings. The van der Waals surface area contributed by atoms with Gasteiger partial charge in [-0.15, -0.1) is 0 Å². The number of fused-ring (bicyclic) bond motifs is 1. The number of aryl methyl sites for hydroxylation is 1. The number of hydrogen-bond donors (Lipinski definition) is 1. The molecule has 32 heavy (non-hydrogen) atoms. The molecule has 168 valence electrons. The van der Waals surface area contributed by atoms with E-state index in [0.29, 0.717) is 26.0 Å². The molecule has 0 aromatic heterocycles. The van der Waals surface area contributed by atoms with Gasteiger partial charge in [0.2, 0.25) is 0 Å². The average molecular weight is 488 g/mol. The molecule has 1 unspecified atom stereocenters. The maximum Gasteiger partial charge on any atom is 0.264 e. The molecule has 0 aliphatic carbocycles. The van der Waals surface area contributed by atoms with Gasteiger partial charge in [-0.05, 0) is 98.8 Å². The molecular formula is C25H27Cl2N3OS. The maximum atomic E-state index is 12.6. The molecule has 4 nitrogen and oxygen atoms in total. The predicted octanol–water partition coefficient (Wildman–Crippen LogP) is 7.31. The van der Waals surface area contributed by atoms with E-state index in [1.165, 1.54) is 23.0 Å². The summed E-state index contributed by atoms with van der Waals surface area (Å²) in [5.41, 5.74) is 5.12. The minimum atomic E-state index is -0.174. The Morgan fingerprint density at radius 1 is 1.28 bits per heavy atom. The van der Waals surface area contributed by atoms with Crippen LogP contribution in [0.4, 0.5) is 11.4 Å². The van der Waals surface area contributed by atoms with Gasteiger partial charge in [0.25, 0.3) is 5.91 Å². The summed E-state index contributed by atoms with van der Waals surface area (Å²) in [6.07, 6.45) is 2.93. The number of carbonyl (C=O) groups is 1. The van der Waals surface area contributed by atoms with Crippen molar-refractivity contribution in [2.45, 2.75) is 52.5 Å². The first kappa shape index (κ1) is 23.2. The van der Waals surface area contributed by atoms with Gasteiger partial charge in [-0.2, -0.15) is 0 Å². The van der Waals surface area contributed by atoms with Crippen molar-refractivity contribution in [2.75, 3.05) is 11.4 Å². The van der Waals surface area contributed by atoms with Crippen LogP contribution in [0.1, 0.15) is 56.7 Å². The lowest BCUT2D eigenvalue weighted by atomic mass is 9.79. The highest BCUT2D eigenvalue weighted by molar-refractivity contribution is 8.18. The van der Waals surface area contributed by atoms with E-state index >= 15 is 0 Å². The summed E-state index contributed by atoms with van der Waals surface area (Å²) in [5, 5.41) is 4.64. The Kier molecular flexibility index (Phi) is 6.36. The van der Waals surface area contributed by atoms with Gasteiger partial charge in [-0.25, -0.2) is 4.99 Å². The largest absolute Gasteiger partial charge is 0.366 e. The zero-order valence-electron chi connectivity index (χ0n) is 18.9. The Bertz CT molecular complexity index is 1160. The summed E-state index contributed by atoms with van der Waals surface area (Å²) in [6, 6.07) is 9.71. The first-order chi connectivity index (χ1) is 15.1. The molecule has 0 bridgehead atoms. The van der Waals surface area contributed by atoms with Gasteiger partial charge in [-0.3, -0.25) is 4.79 Å². The van der Waals surface area contributed by atoms with Crippen LogP contribution in [0.5, 0.6) is 0 Å².